The fraction of sp³-hybridized carbons (Fsp3) is 1.00. The molecule has 0 saturated carbocycles. The maximum Gasteiger partial charge on any atom is 1.00 e. The van der Waals surface area contributed by atoms with Crippen LogP contribution in [0.1, 0.15) is 6.92 Å². The van der Waals surface area contributed by atoms with Gasteiger partial charge in [-0.25, -0.2) is 0 Å². The summed E-state index contributed by atoms with van der Waals surface area (Å²) in [6, 6.07) is 0.854. The van der Waals surface area contributed by atoms with Gasteiger partial charge in [-0.3, -0.25) is 0 Å². The summed E-state index contributed by atoms with van der Waals surface area (Å²) in [5, 5.41) is 0. The van der Waals surface area contributed by atoms with Crippen molar-refractivity contribution in [1.82, 2.24) is 0 Å². The second-order valence-electron chi connectivity index (χ2n) is 2.11. The van der Waals surface area contributed by atoms with Crippen LogP contribution in [-0.4, -0.2) is 8.32 Å². The second kappa shape index (κ2) is 4.10. The maximum atomic E-state index is 10.6. The molecule has 0 aromatic carbocycles. The molecule has 0 saturated heterocycles. The van der Waals surface area contributed by atoms with E-state index in [2.05, 4.69) is 0 Å². The normalized spacial score (nSPS) is 10.3. The van der Waals surface area contributed by atoms with Crippen LogP contribution in [0.4, 0.5) is 0 Å². The average Bonchev–Trinajstić information content (AvgIpc) is 1.35. The zero-order valence-corrected chi connectivity index (χ0v) is 8.62. The Bertz CT molecular complexity index is 41.4. The molecule has 3 heteroatoms. The van der Waals surface area contributed by atoms with Gasteiger partial charge in [0.25, 0.3) is 0 Å². The first kappa shape index (κ1) is 11.0. The standard InChI is InChI=1S/C4H11OSi.Na/c1-4-6(2,3)5;/h4H2,1-3H3;/q-1;+1. The van der Waals surface area contributed by atoms with Gasteiger partial charge in [-0.15, -0.1) is 0 Å². The van der Waals surface area contributed by atoms with Gasteiger partial charge in [-0.05, 0) is 0 Å². The summed E-state index contributed by atoms with van der Waals surface area (Å²) in [4.78, 5) is 10.6. The zero-order valence-electron chi connectivity index (χ0n) is 5.62. The topological polar surface area (TPSA) is 23.1 Å². The van der Waals surface area contributed by atoms with Gasteiger partial charge < -0.3 is 4.80 Å². The molecule has 0 aromatic rings. The van der Waals surface area contributed by atoms with E-state index in [1.165, 1.54) is 0 Å². The summed E-state index contributed by atoms with van der Waals surface area (Å²) in [6.45, 7) is 5.61. The SMILES string of the molecule is CC[Si](C)(C)[O-].[Na+]. The van der Waals surface area contributed by atoms with Gasteiger partial charge in [0.05, 0.1) is 0 Å². The minimum absolute atomic E-state index is 0. The van der Waals surface area contributed by atoms with Gasteiger partial charge in [0.2, 0.25) is 0 Å². The molecule has 0 aliphatic carbocycles. The Morgan fingerprint density at radius 1 is 1.43 bits per heavy atom. The summed E-state index contributed by atoms with van der Waals surface area (Å²) in [6.07, 6.45) is 0. The van der Waals surface area contributed by atoms with Crippen molar-refractivity contribution in [3.8, 4) is 0 Å². The minimum Gasteiger partial charge on any atom is -0.859 e. The van der Waals surface area contributed by atoms with Crippen LogP contribution in [0, 0.1) is 0 Å². The van der Waals surface area contributed by atoms with Crippen molar-refractivity contribution >= 4 is 8.32 Å². The van der Waals surface area contributed by atoms with E-state index in [-0.39, 0.29) is 29.6 Å². The molecule has 0 rings (SSSR count). The smallest absolute Gasteiger partial charge is 0.859 e. The van der Waals surface area contributed by atoms with E-state index < -0.39 is 8.32 Å². The third kappa shape index (κ3) is 11.0. The van der Waals surface area contributed by atoms with Gasteiger partial charge in [0.15, 0.2) is 0 Å². The van der Waals surface area contributed by atoms with Gasteiger partial charge in [0.1, 0.15) is 0 Å². The minimum atomic E-state index is -1.88. The Morgan fingerprint density at radius 3 is 1.57 bits per heavy atom. The molecule has 0 radical (unpaired) electrons. The van der Waals surface area contributed by atoms with E-state index in [9.17, 15) is 4.80 Å². The molecule has 0 atom stereocenters. The fourth-order valence-electron chi connectivity index (χ4n) is 0. The van der Waals surface area contributed by atoms with E-state index in [1.54, 1.807) is 0 Å². The molecular weight excluding hydrogens is 115 g/mol. The van der Waals surface area contributed by atoms with Crippen LogP contribution >= 0.6 is 0 Å². The molecule has 7 heavy (non-hydrogen) atoms. The Morgan fingerprint density at radius 2 is 1.57 bits per heavy atom. The first-order chi connectivity index (χ1) is 2.56. The monoisotopic (exact) mass is 126 g/mol. The first-order valence-corrected chi connectivity index (χ1v) is 5.38. The van der Waals surface area contributed by atoms with Crippen molar-refractivity contribution in [3.63, 3.8) is 0 Å². The number of hydrogen-bond acceptors (Lipinski definition) is 1. The Balaban J connectivity index is 0. The van der Waals surface area contributed by atoms with E-state index in [0.717, 1.165) is 6.04 Å². The van der Waals surface area contributed by atoms with Crippen LogP contribution in [0.5, 0.6) is 0 Å². The van der Waals surface area contributed by atoms with E-state index in [4.69, 9.17) is 0 Å². The summed E-state index contributed by atoms with van der Waals surface area (Å²) < 4.78 is 0. The molecule has 0 aliphatic rings. The summed E-state index contributed by atoms with van der Waals surface area (Å²) in [5.74, 6) is 0. The van der Waals surface area contributed by atoms with Crippen LogP contribution in [0.2, 0.25) is 19.1 Å². The van der Waals surface area contributed by atoms with Gasteiger partial charge in [-0.2, -0.15) is 0 Å². The fourth-order valence-corrected chi connectivity index (χ4v) is 0. The van der Waals surface area contributed by atoms with Crippen LogP contribution in [0.25, 0.3) is 0 Å². The molecule has 0 N–H and O–H groups in total. The van der Waals surface area contributed by atoms with Gasteiger partial charge in [-0.1, -0.05) is 34.4 Å². The van der Waals surface area contributed by atoms with E-state index in [0.29, 0.717) is 0 Å². The van der Waals surface area contributed by atoms with E-state index in [1.807, 2.05) is 20.0 Å². The van der Waals surface area contributed by atoms with Crippen molar-refractivity contribution in [3.05, 3.63) is 0 Å². The van der Waals surface area contributed by atoms with Crippen molar-refractivity contribution in [2.45, 2.75) is 26.1 Å². The number of hydrogen-bond donors (Lipinski definition) is 0. The Hall–Kier alpha value is 1.18. The van der Waals surface area contributed by atoms with Crippen molar-refractivity contribution in [1.29, 1.82) is 0 Å². The Kier molecular flexibility index (Phi) is 6.46. The molecule has 0 bridgehead atoms. The molecule has 1 nitrogen and oxygen atoms in total. The van der Waals surface area contributed by atoms with Crippen molar-refractivity contribution in [2.24, 2.45) is 0 Å². The molecule has 0 unspecified atom stereocenters. The molecule has 0 spiro atoms. The molecular formula is C4H11NaOSi. The predicted octanol–water partition coefficient (Wildman–Crippen LogP) is -2.42. The third-order valence-electron chi connectivity index (χ3n) is 0.851. The van der Waals surface area contributed by atoms with Gasteiger partial charge >= 0.3 is 29.6 Å². The van der Waals surface area contributed by atoms with Crippen LogP contribution in [0.3, 0.4) is 0 Å². The first-order valence-electron chi connectivity index (χ1n) is 2.26. The summed E-state index contributed by atoms with van der Waals surface area (Å²) in [7, 11) is -1.88. The quantitative estimate of drug-likeness (QED) is 0.358. The summed E-state index contributed by atoms with van der Waals surface area (Å²) >= 11 is 0. The third-order valence-corrected chi connectivity index (χ3v) is 2.55. The number of rotatable bonds is 1. The van der Waals surface area contributed by atoms with Gasteiger partial charge in [0, 0.05) is 0 Å². The molecule has 0 fully saturated rings. The average molecular weight is 126 g/mol. The maximum absolute atomic E-state index is 10.6. The molecule has 0 amide bonds. The van der Waals surface area contributed by atoms with Crippen LogP contribution in [0.15, 0.2) is 0 Å². The van der Waals surface area contributed by atoms with E-state index >= 15 is 0 Å². The van der Waals surface area contributed by atoms with Crippen LogP contribution < -0.4 is 34.4 Å². The molecule has 0 aliphatic heterocycles. The predicted molar refractivity (Wildman–Crippen MR) is 28.0 cm³/mol. The molecule has 38 valence electrons. The Labute approximate surface area is 68.5 Å². The van der Waals surface area contributed by atoms with Crippen molar-refractivity contribution in [2.75, 3.05) is 0 Å². The molecule has 0 heterocycles. The summed E-state index contributed by atoms with van der Waals surface area (Å²) in [5.41, 5.74) is 0. The largest absolute Gasteiger partial charge is 1.00 e. The second-order valence-corrected chi connectivity index (χ2v) is 6.34. The molecule has 0 aromatic heterocycles. The van der Waals surface area contributed by atoms with Crippen LogP contribution in [-0.2, 0) is 0 Å². The van der Waals surface area contributed by atoms with Crippen molar-refractivity contribution < 1.29 is 34.4 Å². The zero-order chi connectivity index (χ0) is 5.21.